The highest BCUT2D eigenvalue weighted by atomic mass is 16.2. The van der Waals surface area contributed by atoms with Crippen LogP contribution < -0.4 is 5.73 Å². The van der Waals surface area contributed by atoms with Crippen LogP contribution in [0.2, 0.25) is 0 Å². The lowest BCUT2D eigenvalue weighted by molar-refractivity contribution is -0.136. The fraction of sp³-hybridized carbons (Fsp3) is 0.892. The molecule has 9 heteroatoms. The summed E-state index contributed by atoms with van der Waals surface area (Å²) < 4.78 is 0. The Morgan fingerprint density at radius 1 is 0.696 bits per heavy atom. The van der Waals surface area contributed by atoms with Crippen LogP contribution in [0.15, 0.2) is 0 Å². The normalized spacial score (nSPS) is 21.6. The van der Waals surface area contributed by atoms with Crippen molar-refractivity contribution >= 4 is 11.8 Å². The number of hydrogen-bond acceptors (Lipinski definition) is 7. The second-order valence-corrected chi connectivity index (χ2v) is 17.1. The molecule has 1 aliphatic carbocycles. The molecule has 3 rings (SSSR count). The van der Waals surface area contributed by atoms with Crippen molar-refractivity contribution in [2.24, 2.45) is 27.9 Å². The number of amides is 2. The van der Waals surface area contributed by atoms with Gasteiger partial charge in [-0.25, -0.2) is 0 Å². The van der Waals surface area contributed by atoms with E-state index >= 15 is 0 Å². The molecule has 0 aromatic rings. The molecule has 3 aliphatic rings. The maximum Gasteiger partial charge on any atom is 0.223 e. The Labute approximate surface area is 282 Å². The van der Waals surface area contributed by atoms with E-state index in [1.807, 2.05) is 9.80 Å². The third-order valence-corrected chi connectivity index (χ3v) is 8.81. The van der Waals surface area contributed by atoms with Gasteiger partial charge in [-0.3, -0.25) is 19.4 Å². The Bertz CT molecular complexity index is 956. The first-order valence-electron chi connectivity index (χ1n) is 17.9. The molecule has 0 unspecified atom stereocenters. The van der Waals surface area contributed by atoms with Crippen LogP contribution in [-0.2, 0) is 9.59 Å². The fourth-order valence-electron chi connectivity index (χ4n) is 6.07. The van der Waals surface area contributed by atoms with Crippen LogP contribution in [0.3, 0.4) is 0 Å². The molecule has 46 heavy (non-hydrogen) atoms. The topological polar surface area (TPSA) is 121 Å². The monoisotopic (exact) mass is 644 g/mol. The van der Waals surface area contributed by atoms with Crippen LogP contribution in [-0.4, -0.2) is 103 Å². The number of nitriles is 2. The average molecular weight is 644 g/mol. The highest BCUT2D eigenvalue weighted by Crippen LogP contribution is 2.28. The Morgan fingerprint density at radius 3 is 1.50 bits per heavy atom. The lowest BCUT2D eigenvalue weighted by atomic mass is 9.86. The Morgan fingerprint density at radius 2 is 1.15 bits per heavy atom. The van der Waals surface area contributed by atoms with Gasteiger partial charge in [-0.2, -0.15) is 10.5 Å². The van der Waals surface area contributed by atoms with E-state index in [2.05, 4.69) is 84.3 Å². The zero-order valence-corrected chi connectivity index (χ0v) is 31.2. The number of piperazine rings is 2. The quantitative estimate of drug-likeness (QED) is 0.343. The average Bonchev–Trinajstić information content (AvgIpc) is 2.96. The van der Waals surface area contributed by atoms with Gasteiger partial charge in [0.2, 0.25) is 11.8 Å². The minimum absolute atomic E-state index is 0.0704. The standard InChI is InChI=1S/C17H29N3O.C14H25N3O.C6H15N/c1-17(2,3)12-16(21)20-10-8-19(9-11-20)15-6-4-14(13-18)5-7-15;1-14(2,3)12-13(18)17-10-8-16(9-11-17)7-5-4-6-15;1-6(2,3)4-5-7/h14-15H,4-12H2,1-3H3;4-5,7-12H2,1-3H3;4-5,7H2,1-3H3. The summed E-state index contributed by atoms with van der Waals surface area (Å²) in [6.45, 7) is 28.3. The summed E-state index contributed by atoms with van der Waals surface area (Å²) in [6.07, 6.45) is 8.33. The second-order valence-electron chi connectivity index (χ2n) is 17.1. The molecule has 3 fully saturated rings. The van der Waals surface area contributed by atoms with Crippen molar-refractivity contribution in [1.82, 2.24) is 19.6 Å². The number of rotatable bonds is 7. The number of nitrogens with two attached hydrogens (primary N) is 1. The highest BCUT2D eigenvalue weighted by Gasteiger charge is 2.30. The van der Waals surface area contributed by atoms with Gasteiger partial charge in [-0.1, -0.05) is 62.3 Å². The van der Waals surface area contributed by atoms with Gasteiger partial charge in [-0.05, 0) is 67.9 Å². The van der Waals surface area contributed by atoms with Crippen molar-refractivity contribution in [3.63, 3.8) is 0 Å². The molecule has 2 amide bonds. The molecular formula is C37H69N7O2. The van der Waals surface area contributed by atoms with Crippen LogP contribution in [0, 0.1) is 44.8 Å². The van der Waals surface area contributed by atoms with Crippen LogP contribution in [0.4, 0.5) is 0 Å². The molecule has 1 saturated carbocycles. The van der Waals surface area contributed by atoms with Gasteiger partial charge in [0.25, 0.3) is 0 Å². The van der Waals surface area contributed by atoms with E-state index in [0.29, 0.717) is 36.6 Å². The molecule has 0 atom stereocenters. The zero-order chi connectivity index (χ0) is 35.0. The molecule has 9 nitrogen and oxygen atoms in total. The molecule has 2 aliphatic heterocycles. The van der Waals surface area contributed by atoms with Gasteiger partial charge < -0.3 is 15.5 Å². The van der Waals surface area contributed by atoms with Crippen LogP contribution in [0.5, 0.6) is 0 Å². The van der Waals surface area contributed by atoms with E-state index in [1.54, 1.807) is 0 Å². The molecule has 264 valence electrons. The predicted molar refractivity (Wildman–Crippen MR) is 189 cm³/mol. The first-order chi connectivity index (χ1) is 21.4. The summed E-state index contributed by atoms with van der Waals surface area (Å²) in [6, 6.07) is 5.20. The zero-order valence-electron chi connectivity index (χ0n) is 31.2. The third-order valence-electron chi connectivity index (χ3n) is 8.81. The fourth-order valence-corrected chi connectivity index (χ4v) is 6.07. The second kappa shape index (κ2) is 20.2. The van der Waals surface area contributed by atoms with Crippen molar-refractivity contribution in [2.45, 2.75) is 126 Å². The number of nitrogens with zero attached hydrogens (tertiary/aromatic N) is 6. The van der Waals surface area contributed by atoms with Gasteiger partial charge in [0.1, 0.15) is 0 Å². The summed E-state index contributed by atoms with van der Waals surface area (Å²) in [5, 5.41) is 17.5. The maximum atomic E-state index is 12.2. The lowest BCUT2D eigenvalue weighted by Crippen LogP contribution is -2.53. The molecule has 0 aromatic carbocycles. The number of carbonyl (C=O) groups is 2. The Balaban J connectivity index is 0.000000386. The first-order valence-corrected chi connectivity index (χ1v) is 17.9. The van der Waals surface area contributed by atoms with Crippen molar-refractivity contribution in [1.29, 1.82) is 10.5 Å². The van der Waals surface area contributed by atoms with E-state index < -0.39 is 0 Å². The van der Waals surface area contributed by atoms with Gasteiger partial charge in [0.05, 0.1) is 12.1 Å². The van der Waals surface area contributed by atoms with E-state index in [0.717, 1.165) is 104 Å². The molecule has 2 N–H and O–H groups in total. The highest BCUT2D eigenvalue weighted by molar-refractivity contribution is 5.77. The van der Waals surface area contributed by atoms with Gasteiger partial charge >= 0.3 is 0 Å². The van der Waals surface area contributed by atoms with Crippen LogP contribution >= 0.6 is 0 Å². The summed E-state index contributed by atoms with van der Waals surface area (Å²) in [5.41, 5.74) is 5.88. The molecule has 2 saturated heterocycles. The van der Waals surface area contributed by atoms with Gasteiger partial charge in [0.15, 0.2) is 0 Å². The molecule has 0 radical (unpaired) electrons. The van der Waals surface area contributed by atoms with Gasteiger partial charge in [0, 0.05) is 83.6 Å². The largest absolute Gasteiger partial charge is 0.340 e. The number of hydrogen-bond donors (Lipinski definition) is 1. The molecule has 0 aromatic heterocycles. The van der Waals surface area contributed by atoms with E-state index in [9.17, 15) is 9.59 Å². The van der Waals surface area contributed by atoms with E-state index in [1.165, 1.54) is 0 Å². The number of carbonyl (C=O) groups excluding carboxylic acids is 2. The van der Waals surface area contributed by atoms with Crippen molar-refractivity contribution in [3.8, 4) is 12.1 Å². The summed E-state index contributed by atoms with van der Waals surface area (Å²) >= 11 is 0. The molecule has 0 spiro atoms. The Hall–Kier alpha value is -2.20. The summed E-state index contributed by atoms with van der Waals surface area (Å²) in [4.78, 5) is 33.2. The van der Waals surface area contributed by atoms with Crippen molar-refractivity contribution in [3.05, 3.63) is 0 Å². The van der Waals surface area contributed by atoms with Crippen LogP contribution in [0.25, 0.3) is 0 Å². The smallest absolute Gasteiger partial charge is 0.223 e. The molecular weight excluding hydrogens is 574 g/mol. The van der Waals surface area contributed by atoms with Crippen molar-refractivity contribution < 1.29 is 9.59 Å². The van der Waals surface area contributed by atoms with E-state index in [-0.39, 0.29) is 22.7 Å². The van der Waals surface area contributed by atoms with Crippen molar-refractivity contribution in [2.75, 3.05) is 65.4 Å². The maximum absolute atomic E-state index is 12.2. The third kappa shape index (κ3) is 18.8. The molecule has 0 bridgehead atoms. The van der Waals surface area contributed by atoms with Gasteiger partial charge in [-0.15, -0.1) is 0 Å². The lowest BCUT2D eigenvalue weighted by Gasteiger charge is -2.41. The van der Waals surface area contributed by atoms with E-state index in [4.69, 9.17) is 16.3 Å². The molecule has 2 heterocycles. The number of unbranched alkanes of at least 4 members (excludes halogenated alkanes) is 1. The van der Waals surface area contributed by atoms with Crippen LogP contribution in [0.1, 0.15) is 120 Å². The Kier molecular flexibility index (Phi) is 18.4. The first kappa shape index (κ1) is 41.8. The summed E-state index contributed by atoms with van der Waals surface area (Å²) in [5.74, 6) is 0.852. The minimum Gasteiger partial charge on any atom is -0.340 e. The minimum atomic E-state index is 0.0704. The predicted octanol–water partition coefficient (Wildman–Crippen LogP) is 5.90. The summed E-state index contributed by atoms with van der Waals surface area (Å²) in [7, 11) is 0. The SMILES string of the molecule is CC(C)(C)CC(=O)N1CCN(C2CCC(C#N)CC2)CC1.CC(C)(C)CC(=O)N1CCN(CCCC#N)CC1.CC(C)(C)CCN.